The van der Waals surface area contributed by atoms with E-state index in [9.17, 15) is 4.79 Å². The van der Waals surface area contributed by atoms with E-state index in [1.165, 1.54) is 38.4 Å². The van der Waals surface area contributed by atoms with Crippen molar-refractivity contribution in [1.82, 2.24) is 15.2 Å². The summed E-state index contributed by atoms with van der Waals surface area (Å²) in [5, 5.41) is 19.0. The number of rotatable bonds is 5. The Kier molecular flexibility index (Phi) is 5.72. The second-order valence-corrected chi connectivity index (χ2v) is 11.3. The molecule has 10 heteroatoms. The Morgan fingerprint density at radius 2 is 2.13 bits per heavy atom. The van der Waals surface area contributed by atoms with E-state index in [4.69, 9.17) is 10.8 Å². The molecule has 4 heterocycles. The average molecular weight is 474 g/mol. The van der Waals surface area contributed by atoms with Crippen molar-refractivity contribution in [3.8, 4) is 0 Å². The molecule has 2 unspecified atom stereocenters. The molecule has 30 heavy (non-hydrogen) atoms. The number of aromatic nitrogens is 2. The van der Waals surface area contributed by atoms with Crippen LogP contribution in [0.5, 0.6) is 0 Å². The van der Waals surface area contributed by atoms with Gasteiger partial charge in [-0.15, -0.1) is 32.9 Å². The third-order valence-corrected chi connectivity index (χ3v) is 8.83. The van der Waals surface area contributed by atoms with E-state index in [1.54, 1.807) is 27.7 Å². The number of nitrogen functional groups attached to an aromatic ring is 1. The highest BCUT2D eigenvalue weighted by atomic mass is 32.2. The van der Waals surface area contributed by atoms with Crippen molar-refractivity contribution in [3.63, 3.8) is 0 Å². The molecule has 0 bridgehead atoms. The number of fused-ring (bicyclic) bond motifs is 1. The number of allylic oxidation sites excluding steroid dienone is 1. The van der Waals surface area contributed by atoms with E-state index < -0.39 is 0 Å². The fraction of sp³-hybridized carbons (Fsp3) is 0.300. The fourth-order valence-electron chi connectivity index (χ4n) is 3.96. The summed E-state index contributed by atoms with van der Waals surface area (Å²) >= 11 is 6.09. The molecule has 2 aliphatic rings. The summed E-state index contributed by atoms with van der Waals surface area (Å²) in [6.45, 7) is 0. The fourth-order valence-corrected chi connectivity index (χ4v) is 7.00. The van der Waals surface area contributed by atoms with Crippen LogP contribution in [0.15, 0.2) is 50.0 Å². The van der Waals surface area contributed by atoms with Gasteiger partial charge in [-0.05, 0) is 53.8 Å². The molecule has 1 aliphatic carbocycles. The smallest absolute Gasteiger partial charge is 0.253 e. The van der Waals surface area contributed by atoms with Crippen LogP contribution in [-0.2, 0) is 4.79 Å². The molecule has 3 aromatic heterocycles. The Bertz CT molecular complexity index is 1090. The van der Waals surface area contributed by atoms with Crippen LogP contribution in [-0.4, -0.2) is 32.6 Å². The van der Waals surface area contributed by atoms with Gasteiger partial charge in [0.1, 0.15) is 0 Å². The molecule has 2 atom stereocenters. The molecule has 154 valence electrons. The topological polar surface area (TPSA) is 84.5 Å². The van der Waals surface area contributed by atoms with Gasteiger partial charge in [0.2, 0.25) is 5.13 Å². The number of nitrogens with two attached hydrogens (primary N) is 1. The Morgan fingerprint density at radius 3 is 2.87 bits per heavy atom. The van der Waals surface area contributed by atoms with Crippen molar-refractivity contribution >= 4 is 68.6 Å². The van der Waals surface area contributed by atoms with Crippen LogP contribution in [0.2, 0.25) is 0 Å². The molecule has 1 amide bonds. The minimum Gasteiger partial charge on any atom is -0.374 e. The first-order chi connectivity index (χ1) is 14.7. The van der Waals surface area contributed by atoms with Crippen LogP contribution in [0.4, 0.5) is 5.13 Å². The van der Waals surface area contributed by atoms with Gasteiger partial charge in [-0.2, -0.15) is 5.10 Å². The molecule has 0 spiro atoms. The second-order valence-electron chi connectivity index (χ2n) is 7.06. The van der Waals surface area contributed by atoms with E-state index in [0.717, 1.165) is 25.0 Å². The normalized spacial score (nSPS) is 22.3. The Hall–Kier alpha value is -2.01. The predicted molar refractivity (Wildman–Crippen MR) is 126 cm³/mol. The van der Waals surface area contributed by atoms with Crippen LogP contribution in [0.3, 0.4) is 0 Å². The third-order valence-electron chi connectivity index (χ3n) is 5.19. The van der Waals surface area contributed by atoms with Gasteiger partial charge in [-0.1, -0.05) is 35.2 Å². The van der Waals surface area contributed by atoms with Crippen molar-refractivity contribution in [2.75, 3.05) is 11.5 Å². The average Bonchev–Trinajstić information content (AvgIpc) is 3.52. The minimum atomic E-state index is -0.0281. The molecule has 3 aromatic rings. The number of anilines is 1. The van der Waals surface area contributed by atoms with E-state index in [1.807, 2.05) is 6.07 Å². The van der Waals surface area contributed by atoms with Crippen LogP contribution >= 0.6 is 45.8 Å². The Balaban J connectivity index is 1.44. The van der Waals surface area contributed by atoms with Crippen molar-refractivity contribution in [2.45, 2.75) is 29.6 Å². The summed E-state index contributed by atoms with van der Waals surface area (Å²) in [5.74, 6) is 0.503. The number of thiophene rings is 2. The highest BCUT2D eigenvalue weighted by molar-refractivity contribution is 8.01. The Labute approximate surface area is 190 Å². The van der Waals surface area contributed by atoms with Crippen molar-refractivity contribution in [1.29, 1.82) is 0 Å². The summed E-state index contributed by atoms with van der Waals surface area (Å²) in [4.78, 5) is 15.6. The van der Waals surface area contributed by atoms with Crippen LogP contribution in [0.25, 0.3) is 6.08 Å². The standard InChI is InChI=1S/C20H19N5OS4/c21-19-22-23-20(30-19)29-11-16(26)25-18(15-7-3-9-28-15)14-6-1-4-12(17(14)24-25)10-13-5-2-8-27-13/h2-3,5,7-10,14,18H,1,4,6,11H2,(H2,21,22). The number of hydrogen-bond donors (Lipinski definition) is 1. The zero-order chi connectivity index (χ0) is 20.5. The van der Waals surface area contributed by atoms with Gasteiger partial charge in [0.15, 0.2) is 4.34 Å². The van der Waals surface area contributed by atoms with E-state index in [2.05, 4.69) is 45.2 Å². The lowest BCUT2D eigenvalue weighted by Gasteiger charge is -2.28. The number of hydrazone groups is 1. The van der Waals surface area contributed by atoms with Gasteiger partial charge >= 0.3 is 0 Å². The van der Waals surface area contributed by atoms with Crippen molar-refractivity contribution in [2.24, 2.45) is 11.0 Å². The van der Waals surface area contributed by atoms with E-state index in [-0.39, 0.29) is 23.6 Å². The first-order valence-electron chi connectivity index (χ1n) is 9.59. The number of amides is 1. The molecule has 0 saturated heterocycles. The highest BCUT2D eigenvalue weighted by Crippen LogP contribution is 2.46. The molecule has 1 saturated carbocycles. The number of thioether (sulfide) groups is 1. The lowest BCUT2D eigenvalue weighted by molar-refractivity contribution is -0.130. The number of hydrogen-bond acceptors (Lipinski definition) is 9. The highest BCUT2D eigenvalue weighted by Gasteiger charge is 2.44. The SMILES string of the molecule is Nc1nnc(SCC(=O)N2N=C3C(=Cc4cccs4)CCCC3C2c2cccs2)s1. The van der Waals surface area contributed by atoms with Gasteiger partial charge < -0.3 is 5.73 Å². The van der Waals surface area contributed by atoms with Gasteiger partial charge in [0, 0.05) is 15.7 Å². The number of carbonyl (C=O) groups is 1. The molecule has 1 aliphatic heterocycles. The molecule has 0 radical (unpaired) electrons. The van der Waals surface area contributed by atoms with Crippen LogP contribution in [0.1, 0.15) is 35.1 Å². The molecule has 2 N–H and O–H groups in total. The van der Waals surface area contributed by atoms with E-state index >= 15 is 0 Å². The van der Waals surface area contributed by atoms with Gasteiger partial charge in [-0.25, -0.2) is 5.01 Å². The van der Waals surface area contributed by atoms with Crippen LogP contribution in [0, 0.1) is 5.92 Å². The van der Waals surface area contributed by atoms with Crippen molar-refractivity contribution in [3.05, 3.63) is 50.4 Å². The largest absolute Gasteiger partial charge is 0.374 e. The minimum absolute atomic E-state index is 0.00968. The molecule has 6 nitrogen and oxygen atoms in total. The number of carbonyl (C=O) groups excluding carboxylic acids is 1. The lowest BCUT2D eigenvalue weighted by atomic mass is 9.79. The summed E-state index contributed by atoms with van der Waals surface area (Å²) in [6.07, 6.45) is 5.41. The third kappa shape index (κ3) is 3.96. The van der Waals surface area contributed by atoms with Gasteiger partial charge in [-0.3, -0.25) is 4.79 Å². The molecule has 5 rings (SSSR count). The molecule has 1 fully saturated rings. The van der Waals surface area contributed by atoms with Gasteiger partial charge in [0.25, 0.3) is 5.91 Å². The summed E-state index contributed by atoms with van der Waals surface area (Å²) in [7, 11) is 0. The predicted octanol–water partition coefficient (Wildman–Crippen LogP) is 5.16. The summed E-state index contributed by atoms with van der Waals surface area (Å²) in [6, 6.07) is 8.32. The maximum absolute atomic E-state index is 13.2. The summed E-state index contributed by atoms with van der Waals surface area (Å²) < 4.78 is 0.705. The molecular formula is C20H19N5OS4. The quantitative estimate of drug-likeness (QED) is 0.518. The Morgan fingerprint density at radius 1 is 1.27 bits per heavy atom. The zero-order valence-electron chi connectivity index (χ0n) is 15.9. The number of nitrogens with zero attached hydrogens (tertiary/aromatic N) is 4. The lowest BCUT2D eigenvalue weighted by Crippen LogP contribution is -2.32. The van der Waals surface area contributed by atoms with Crippen LogP contribution < -0.4 is 5.73 Å². The first kappa shape index (κ1) is 19.9. The van der Waals surface area contributed by atoms with E-state index in [0.29, 0.717) is 9.47 Å². The molecule has 0 aromatic carbocycles. The maximum Gasteiger partial charge on any atom is 0.253 e. The summed E-state index contributed by atoms with van der Waals surface area (Å²) in [5.41, 5.74) is 7.99. The van der Waals surface area contributed by atoms with Gasteiger partial charge in [0.05, 0.1) is 17.5 Å². The zero-order valence-corrected chi connectivity index (χ0v) is 19.2. The second kappa shape index (κ2) is 8.62. The first-order valence-corrected chi connectivity index (χ1v) is 13.2. The maximum atomic E-state index is 13.2. The van der Waals surface area contributed by atoms with Crippen molar-refractivity contribution < 1.29 is 4.79 Å². The monoisotopic (exact) mass is 473 g/mol. The molecular weight excluding hydrogens is 455 g/mol.